The first kappa shape index (κ1) is 26.2. The third-order valence-electron chi connectivity index (χ3n) is 8.91. The van der Waals surface area contributed by atoms with Crippen LogP contribution in [0.3, 0.4) is 0 Å². The quantitative estimate of drug-likeness (QED) is 0.200. The van der Waals surface area contributed by atoms with Gasteiger partial charge in [0.15, 0.2) is 5.58 Å². The van der Waals surface area contributed by atoms with Crippen LogP contribution in [-0.4, -0.2) is 4.98 Å². The summed E-state index contributed by atoms with van der Waals surface area (Å²) in [5.74, 6) is 0. The summed E-state index contributed by atoms with van der Waals surface area (Å²) in [4.78, 5) is 7.09. The first-order chi connectivity index (χ1) is 22.8. The molecule has 0 radical (unpaired) electrons. The molecule has 0 saturated heterocycles. The molecule has 0 saturated carbocycles. The molecule has 0 amide bonds. The molecule has 0 atom stereocenters. The summed E-state index contributed by atoms with van der Waals surface area (Å²) in [5, 5.41) is 7.12. The number of hydrogen-bond donors (Lipinski definition) is 0. The minimum Gasteiger partial charge on any atom is -0.454 e. The maximum atomic E-state index is 6.19. The van der Waals surface area contributed by atoms with Crippen LogP contribution in [0, 0.1) is 0 Å². The summed E-state index contributed by atoms with van der Waals surface area (Å²) < 4.78 is 6.19. The van der Waals surface area contributed by atoms with E-state index in [2.05, 4.69) is 169 Å². The lowest BCUT2D eigenvalue weighted by molar-refractivity contribution is 0.667. The maximum Gasteiger partial charge on any atom is 0.153 e. The highest BCUT2D eigenvalue weighted by Crippen LogP contribution is 2.39. The third kappa shape index (κ3) is 4.41. The van der Waals surface area contributed by atoms with E-state index in [0.29, 0.717) is 0 Å². The summed E-state index contributed by atoms with van der Waals surface area (Å²) >= 11 is 0. The number of nitrogens with zero attached hydrogens (tertiary/aromatic N) is 2. The summed E-state index contributed by atoms with van der Waals surface area (Å²) in [6, 6.07) is 57.9. The standard InChI is InChI=1S/C43H28N2O/c1-2-12-33(13-3-1)45(34-22-17-31(18-23-34)37-16-8-11-29-9-4-6-14-36(29)37)35-24-19-32(20-25-35)40-27-39-42(28-44-40)46-41-26-21-30-10-5-7-15-38(30)43(39)41/h1-28H. The minimum absolute atomic E-state index is 0.800. The molecule has 46 heavy (non-hydrogen) atoms. The number of furan rings is 1. The van der Waals surface area contributed by atoms with E-state index in [1.165, 1.54) is 32.7 Å². The summed E-state index contributed by atoms with van der Waals surface area (Å²) in [5.41, 5.74) is 9.37. The second-order valence-corrected chi connectivity index (χ2v) is 11.6. The molecule has 0 aliphatic carbocycles. The lowest BCUT2D eigenvalue weighted by Gasteiger charge is -2.26. The van der Waals surface area contributed by atoms with Crippen LogP contribution < -0.4 is 4.90 Å². The average molecular weight is 589 g/mol. The molecule has 2 heterocycles. The van der Waals surface area contributed by atoms with Crippen molar-refractivity contribution in [1.29, 1.82) is 0 Å². The molecule has 3 heteroatoms. The predicted octanol–water partition coefficient (Wildman–Crippen LogP) is 12.1. The molecule has 9 rings (SSSR count). The van der Waals surface area contributed by atoms with Crippen LogP contribution in [0.25, 0.3) is 65.9 Å². The summed E-state index contributed by atoms with van der Waals surface area (Å²) in [6.45, 7) is 0. The lowest BCUT2D eigenvalue weighted by atomic mass is 9.98. The van der Waals surface area contributed by atoms with Gasteiger partial charge in [0.2, 0.25) is 0 Å². The molecule has 0 N–H and O–H groups in total. The van der Waals surface area contributed by atoms with Gasteiger partial charge in [-0.15, -0.1) is 0 Å². The van der Waals surface area contributed by atoms with Gasteiger partial charge in [-0.3, -0.25) is 4.98 Å². The van der Waals surface area contributed by atoms with Crippen LogP contribution in [0.1, 0.15) is 0 Å². The Morgan fingerprint density at radius 3 is 1.80 bits per heavy atom. The molecule has 216 valence electrons. The fraction of sp³-hybridized carbons (Fsp3) is 0. The van der Waals surface area contributed by atoms with Crippen LogP contribution in [0.2, 0.25) is 0 Å². The zero-order chi connectivity index (χ0) is 30.5. The van der Waals surface area contributed by atoms with Gasteiger partial charge in [-0.05, 0) is 81.2 Å². The van der Waals surface area contributed by atoms with Gasteiger partial charge >= 0.3 is 0 Å². The molecule has 3 nitrogen and oxygen atoms in total. The van der Waals surface area contributed by atoms with Gasteiger partial charge in [0.05, 0.1) is 11.9 Å². The Labute approximate surface area is 266 Å². The third-order valence-corrected chi connectivity index (χ3v) is 8.91. The van der Waals surface area contributed by atoms with Crippen molar-refractivity contribution in [3.8, 4) is 22.4 Å². The number of aromatic nitrogens is 1. The maximum absolute atomic E-state index is 6.19. The largest absolute Gasteiger partial charge is 0.454 e. The SMILES string of the molecule is c1ccc(N(c2ccc(-c3cc4c(cn3)oc3ccc5ccccc5c34)cc2)c2ccc(-c3cccc4ccccc34)cc2)cc1. The van der Waals surface area contributed by atoms with Gasteiger partial charge in [-0.25, -0.2) is 0 Å². The highest BCUT2D eigenvalue weighted by Gasteiger charge is 2.15. The number of benzene rings is 7. The van der Waals surface area contributed by atoms with Gasteiger partial charge in [-0.1, -0.05) is 115 Å². The van der Waals surface area contributed by atoms with Gasteiger partial charge < -0.3 is 9.32 Å². The highest BCUT2D eigenvalue weighted by atomic mass is 16.3. The van der Waals surface area contributed by atoms with Crippen LogP contribution in [0.4, 0.5) is 17.1 Å². The van der Waals surface area contributed by atoms with E-state index < -0.39 is 0 Å². The molecule has 7 aromatic carbocycles. The monoisotopic (exact) mass is 588 g/mol. The van der Waals surface area contributed by atoms with Gasteiger partial charge in [0, 0.05) is 33.4 Å². The van der Waals surface area contributed by atoms with E-state index in [1.54, 1.807) is 0 Å². The van der Waals surface area contributed by atoms with Crippen LogP contribution >= 0.6 is 0 Å². The van der Waals surface area contributed by atoms with Gasteiger partial charge in [0.25, 0.3) is 0 Å². The topological polar surface area (TPSA) is 29.3 Å². The minimum atomic E-state index is 0.800. The van der Waals surface area contributed by atoms with Crippen molar-refractivity contribution >= 4 is 60.5 Å². The lowest BCUT2D eigenvalue weighted by Crippen LogP contribution is -2.09. The molecular formula is C43H28N2O. The summed E-state index contributed by atoms with van der Waals surface area (Å²) in [6.07, 6.45) is 1.85. The molecule has 2 aromatic heterocycles. The van der Waals surface area contributed by atoms with Crippen molar-refractivity contribution in [1.82, 2.24) is 4.98 Å². The zero-order valence-corrected chi connectivity index (χ0v) is 25.0. The average Bonchev–Trinajstić information content (AvgIpc) is 3.51. The summed E-state index contributed by atoms with van der Waals surface area (Å²) in [7, 11) is 0. The predicted molar refractivity (Wildman–Crippen MR) is 192 cm³/mol. The second-order valence-electron chi connectivity index (χ2n) is 11.6. The Morgan fingerprint density at radius 1 is 0.435 bits per heavy atom. The molecule has 0 aliphatic heterocycles. The number of fused-ring (bicyclic) bond motifs is 6. The number of anilines is 3. The van der Waals surface area contributed by atoms with Crippen LogP contribution in [0.15, 0.2) is 174 Å². The first-order valence-electron chi connectivity index (χ1n) is 15.5. The molecule has 0 aliphatic rings. The fourth-order valence-corrected chi connectivity index (χ4v) is 6.68. The van der Waals surface area contributed by atoms with Gasteiger partial charge in [0.1, 0.15) is 5.58 Å². The Kier molecular flexibility index (Phi) is 6.14. The number of hydrogen-bond acceptors (Lipinski definition) is 3. The highest BCUT2D eigenvalue weighted by molar-refractivity contribution is 6.19. The number of para-hydroxylation sites is 1. The Morgan fingerprint density at radius 2 is 1.04 bits per heavy atom. The van der Waals surface area contributed by atoms with Crippen molar-refractivity contribution in [2.75, 3.05) is 4.90 Å². The normalized spacial score (nSPS) is 11.5. The molecular weight excluding hydrogens is 560 g/mol. The fourth-order valence-electron chi connectivity index (χ4n) is 6.68. The zero-order valence-electron chi connectivity index (χ0n) is 25.0. The van der Waals surface area contributed by atoms with Crippen molar-refractivity contribution in [3.63, 3.8) is 0 Å². The van der Waals surface area contributed by atoms with Crippen molar-refractivity contribution in [2.24, 2.45) is 0 Å². The molecule has 0 bridgehead atoms. The van der Waals surface area contributed by atoms with E-state index in [4.69, 9.17) is 9.40 Å². The Hall–Kier alpha value is -6.19. The van der Waals surface area contributed by atoms with Crippen LogP contribution in [-0.2, 0) is 0 Å². The van der Waals surface area contributed by atoms with E-state index in [-0.39, 0.29) is 0 Å². The van der Waals surface area contributed by atoms with E-state index in [1.807, 2.05) is 6.20 Å². The molecule has 0 fully saturated rings. The molecule has 9 aromatic rings. The first-order valence-corrected chi connectivity index (χ1v) is 15.5. The number of pyridine rings is 1. The van der Waals surface area contributed by atoms with E-state index in [0.717, 1.165) is 50.3 Å². The van der Waals surface area contributed by atoms with Crippen molar-refractivity contribution in [2.45, 2.75) is 0 Å². The molecule has 0 spiro atoms. The van der Waals surface area contributed by atoms with E-state index in [9.17, 15) is 0 Å². The van der Waals surface area contributed by atoms with Crippen LogP contribution in [0.5, 0.6) is 0 Å². The number of rotatable bonds is 5. The second kappa shape index (κ2) is 10.8. The van der Waals surface area contributed by atoms with Gasteiger partial charge in [-0.2, -0.15) is 0 Å². The Bertz CT molecular complexity index is 2510. The Balaban J connectivity index is 1.10. The smallest absolute Gasteiger partial charge is 0.153 e. The van der Waals surface area contributed by atoms with Crippen molar-refractivity contribution < 1.29 is 4.42 Å². The molecule has 0 unspecified atom stereocenters. The van der Waals surface area contributed by atoms with E-state index >= 15 is 0 Å². The van der Waals surface area contributed by atoms with Crippen molar-refractivity contribution in [3.05, 3.63) is 170 Å².